The van der Waals surface area contributed by atoms with Gasteiger partial charge in [-0.2, -0.15) is 12.6 Å². The fourth-order valence-corrected chi connectivity index (χ4v) is 7.62. The quantitative estimate of drug-likeness (QED) is 0.0468. The first-order chi connectivity index (χ1) is 23.5. The van der Waals surface area contributed by atoms with Crippen molar-refractivity contribution < 1.29 is 18.4 Å². The van der Waals surface area contributed by atoms with Crippen LogP contribution in [-0.4, -0.2) is 47.8 Å². The Labute approximate surface area is 294 Å². The van der Waals surface area contributed by atoms with Crippen molar-refractivity contribution in [3.63, 3.8) is 0 Å². The molecule has 0 spiro atoms. The van der Waals surface area contributed by atoms with Gasteiger partial charge in [-0.1, -0.05) is 81.3 Å². The number of halogens is 1. The molecular weight excluding hydrogens is 620 g/mol. The maximum absolute atomic E-state index is 13.6. The molecule has 1 aromatic heterocycles. The van der Waals surface area contributed by atoms with Gasteiger partial charge in [-0.05, 0) is 114 Å². The van der Waals surface area contributed by atoms with Crippen molar-refractivity contribution in [2.24, 2.45) is 11.8 Å². The molecule has 5 nitrogen and oxygen atoms in total. The van der Waals surface area contributed by atoms with Gasteiger partial charge in [0.1, 0.15) is 11.6 Å². The van der Waals surface area contributed by atoms with Crippen molar-refractivity contribution in [2.75, 3.05) is 32.0 Å². The van der Waals surface area contributed by atoms with Crippen LogP contribution >= 0.6 is 12.6 Å². The Morgan fingerprint density at radius 2 is 1.69 bits per heavy atom. The van der Waals surface area contributed by atoms with E-state index in [-0.39, 0.29) is 11.6 Å². The van der Waals surface area contributed by atoms with Crippen molar-refractivity contribution in [3.8, 4) is 5.75 Å². The maximum Gasteiger partial charge on any atom is 0.170 e. The number of aromatic nitrogens is 1. The molecule has 0 amide bonds. The number of rotatable bonds is 23. The first-order valence-electron chi connectivity index (χ1n) is 18.8. The van der Waals surface area contributed by atoms with Crippen LogP contribution in [0.1, 0.15) is 132 Å². The molecule has 4 rings (SSSR count). The van der Waals surface area contributed by atoms with Gasteiger partial charge in [0.15, 0.2) is 11.4 Å². The topological polar surface area (TPSA) is 55.6 Å². The maximum atomic E-state index is 13.6. The first-order valence-corrected chi connectivity index (χ1v) is 19.4. The summed E-state index contributed by atoms with van der Waals surface area (Å²) in [7, 11) is 0. The number of unbranched alkanes of at least 4 members (excludes halogenated alkanes) is 8. The summed E-state index contributed by atoms with van der Waals surface area (Å²) < 4.78 is 25.4. The molecule has 1 saturated heterocycles. The van der Waals surface area contributed by atoms with Crippen molar-refractivity contribution in [1.82, 2.24) is 10.1 Å². The third kappa shape index (κ3) is 12.4. The summed E-state index contributed by atoms with van der Waals surface area (Å²) in [5, 5.41) is 5.27. The number of ether oxygens (including phenoxy) is 1. The van der Waals surface area contributed by atoms with Crippen LogP contribution < -0.4 is 4.74 Å². The molecule has 48 heavy (non-hydrogen) atoms. The molecule has 2 aromatic carbocycles. The Morgan fingerprint density at radius 1 is 0.979 bits per heavy atom. The number of nitrogens with zero attached hydrogens (tertiary/aromatic N) is 2. The largest absolute Gasteiger partial charge is 0.493 e. The minimum atomic E-state index is -0.290. The third-order valence-corrected chi connectivity index (χ3v) is 10.7. The summed E-state index contributed by atoms with van der Waals surface area (Å²) in [6.07, 6.45) is 23.2. The molecule has 2 atom stereocenters. The smallest absolute Gasteiger partial charge is 0.170 e. The second-order valence-corrected chi connectivity index (χ2v) is 14.2. The van der Waals surface area contributed by atoms with Crippen LogP contribution in [0, 0.1) is 17.7 Å². The van der Waals surface area contributed by atoms with E-state index in [2.05, 4.69) is 29.1 Å². The summed E-state index contributed by atoms with van der Waals surface area (Å²) in [5.41, 5.74) is 2.16. The lowest BCUT2D eigenvalue weighted by molar-refractivity contribution is 0.101. The number of carbonyl (C=O) groups is 1. The van der Waals surface area contributed by atoms with Crippen molar-refractivity contribution in [2.45, 2.75) is 116 Å². The van der Waals surface area contributed by atoms with E-state index in [0.29, 0.717) is 41.3 Å². The number of fused-ring (bicyclic) bond motifs is 1. The summed E-state index contributed by atoms with van der Waals surface area (Å²) in [6, 6.07) is 12.3. The van der Waals surface area contributed by atoms with Crippen LogP contribution in [0.4, 0.5) is 4.39 Å². The van der Waals surface area contributed by atoms with Crippen LogP contribution in [0.3, 0.4) is 0 Å². The molecule has 1 fully saturated rings. The molecule has 2 heterocycles. The van der Waals surface area contributed by atoms with E-state index in [0.717, 1.165) is 68.6 Å². The molecular formula is C41H59FN2O3S. The van der Waals surface area contributed by atoms with Crippen LogP contribution in [0.25, 0.3) is 11.0 Å². The van der Waals surface area contributed by atoms with E-state index in [1.54, 1.807) is 13.0 Å². The van der Waals surface area contributed by atoms with Crippen molar-refractivity contribution in [1.29, 1.82) is 0 Å². The molecule has 0 aliphatic carbocycles. The molecule has 264 valence electrons. The van der Waals surface area contributed by atoms with Gasteiger partial charge in [0.2, 0.25) is 0 Å². The highest BCUT2D eigenvalue weighted by molar-refractivity contribution is 7.80. The van der Waals surface area contributed by atoms with Crippen molar-refractivity contribution in [3.05, 3.63) is 71.7 Å². The number of carbonyl (C=O) groups excluding carboxylic acids is 1. The van der Waals surface area contributed by atoms with E-state index >= 15 is 0 Å². The van der Waals surface area contributed by atoms with Gasteiger partial charge < -0.3 is 14.2 Å². The molecule has 0 saturated carbocycles. The standard InChI is InChI=1S/C41H59FN2O3S/c1-3-4-5-6-7-8-9-10-11-12-13-14-18-33(35(31-48)30-46-39-21-16-15-20-37(39)32(2)45)19-17-26-44-27-24-34(25-28-44)41-38-23-22-36(42)29-40(38)47-43-41/h10-11,15-16,20-23,29,33-35,48H,3-9,12-14,17-19,24-28,30-31H2,1-2H3. The average molecular weight is 679 g/mol. The number of hydrogen-bond acceptors (Lipinski definition) is 6. The van der Waals surface area contributed by atoms with E-state index < -0.39 is 0 Å². The molecule has 3 aromatic rings. The molecule has 2 unspecified atom stereocenters. The number of Topliss-reactive ketones (excluding diaryl/α,β-unsaturated/α-hetero) is 1. The molecule has 0 N–H and O–H groups in total. The number of ketones is 1. The number of para-hydroxylation sites is 1. The van der Waals surface area contributed by atoms with E-state index in [4.69, 9.17) is 21.9 Å². The van der Waals surface area contributed by atoms with Crippen LogP contribution in [-0.2, 0) is 0 Å². The lowest BCUT2D eigenvalue weighted by Gasteiger charge is -2.32. The predicted molar refractivity (Wildman–Crippen MR) is 200 cm³/mol. The number of allylic oxidation sites excluding steroid dienone is 2. The Balaban J connectivity index is 1.24. The first kappa shape index (κ1) is 38.2. The molecule has 7 heteroatoms. The molecule has 0 bridgehead atoms. The lowest BCUT2D eigenvalue weighted by atomic mass is 9.85. The van der Waals surface area contributed by atoms with E-state index in [1.165, 1.54) is 76.3 Å². The Hall–Kier alpha value is -2.64. The van der Waals surface area contributed by atoms with Gasteiger partial charge in [-0.3, -0.25) is 4.79 Å². The van der Waals surface area contributed by atoms with Gasteiger partial charge in [-0.25, -0.2) is 4.39 Å². The number of thiol groups is 1. The normalized spacial score (nSPS) is 15.8. The summed E-state index contributed by atoms with van der Waals surface area (Å²) >= 11 is 4.80. The van der Waals surface area contributed by atoms with Gasteiger partial charge in [-0.15, -0.1) is 0 Å². The fourth-order valence-electron chi connectivity index (χ4n) is 7.21. The van der Waals surface area contributed by atoms with Gasteiger partial charge >= 0.3 is 0 Å². The van der Waals surface area contributed by atoms with E-state index in [1.807, 2.05) is 24.3 Å². The lowest BCUT2D eigenvalue weighted by Crippen LogP contribution is -2.34. The second-order valence-electron chi connectivity index (χ2n) is 13.8. The summed E-state index contributed by atoms with van der Waals surface area (Å²) in [5.74, 6) is 2.39. The molecule has 1 aliphatic heterocycles. The highest BCUT2D eigenvalue weighted by atomic mass is 32.1. The third-order valence-electron chi connectivity index (χ3n) is 10.2. The predicted octanol–water partition coefficient (Wildman–Crippen LogP) is 11.2. The van der Waals surface area contributed by atoms with Crippen LogP contribution in [0.15, 0.2) is 59.1 Å². The Kier molecular flexibility index (Phi) is 17.1. The number of benzene rings is 2. The highest BCUT2D eigenvalue weighted by Crippen LogP contribution is 2.33. The minimum absolute atomic E-state index is 0.0310. The molecule has 0 radical (unpaired) electrons. The number of hydrogen-bond donors (Lipinski definition) is 1. The van der Waals surface area contributed by atoms with E-state index in [9.17, 15) is 9.18 Å². The van der Waals surface area contributed by atoms with Gasteiger partial charge in [0.05, 0.1) is 17.9 Å². The van der Waals surface area contributed by atoms with Crippen molar-refractivity contribution >= 4 is 29.4 Å². The molecule has 1 aliphatic rings. The number of piperidine rings is 1. The monoisotopic (exact) mass is 678 g/mol. The number of likely N-dealkylation sites (tertiary alicyclic amines) is 1. The summed E-state index contributed by atoms with van der Waals surface area (Å²) in [4.78, 5) is 14.8. The summed E-state index contributed by atoms with van der Waals surface area (Å²) in [6.45, 7) is 7.61. The van der Waals surface area contributed by atoms with Gasteiger partial charge in [0, 0.05) is 23.3 Å². The highest BCUT2D eigenvalue weighted by Gasteiger charge is 2.26. The zero-order valence-corrected chi connectivity index (χ0v) is 30.4. The SMILES string of the molecule is CCCCCCCCC=CCCCCC(CCCN1CCC(c2noc3cc(F)ccc23)CC1)C(CS)COc1ccccc1C(C)=O. The van der Waals surface area contributed by atoms with Crippen LogP contribution in [0.2, 0.25) is 0 Å². The zero-order chi connectivity index (χ0) is 34.0. The Morgan fingerprint density at radius 3 is 2.44 bits per heavy atom. The fraction of sp³-hybridized carbons (Fsp3) is 0.610. The Bertz CT molecular complexity index is 1380. The van der Waals surface area contributed by atoms with Gasteiger partial charge in [0.25, 0.3) is 0 Å². The zero-order valence-electron chi connectivity index (χ0n) is 29.5. The van der Waals surface area contributed by atoms with Crippen LogP contribution in [0.5, 0.6) is 5.75 Å². The minimum Gasteiger partial charge on any atom is -0.493 e. The second kappa shape index (κ2) is 21.4. The average Bonchev–Trinajstić information content (AvgIpc) is 3.52.